The van der Waals surface area contributed by atoms with Crippen molar-refractivity contribution in [1.82, 2.24) is 4.90 Å². The molecular formula is C20H25NO5. The van der Waals surface area contributed by atoms with Gasteiger partial charge in [-0.1, -0.05) is 6.07 Å². The second kappa shape index (κ2) is 5.91. The maximum absolute atomic E-state index is 12.9. The lowest BCUT2D eigenvalue weighted by atomic mass is 9.53. The number of aromatic hydroxyl groups is 1. The van der Waals surface area contributed by atoms with Crippen LogP contribution in [-0.4, -0.2) is 56.8 Å². The first kappa shape index (κ1) is 17.2. The number of likely N-dealkylation sites (tertiary alicyclic amines) is 1. The van der Waals surface area contributed by atoms with Gasteiger partial charge in [-0.3, -0.25) is 4.79 Å². The van der Waals surface area contributed by atoms with Crippen LogP contribution in [0.3, 0.4) is 0 Å². The second-order valence-corrected chi connectivity index (χ2v) is 7.49. The summed E-state index contributed by atoms with van der Waals surface area (Å²) in [7, 11) is 6.77. The SMILES string of the molecule is COC1=C(OC)[C@H]2[C@H]3Cc4ccc(OC)c(O)c4[C@@]2(CCN3C)CC1=O. The Balaban J connectivity index is 2.02. The van der Waals surface area contributed by atoms with Gasteiger partial charge in [0.2, 0.25) is 5.78 Å². The molecule has 2 bridgehead atoms. The van der Waals surface area contributed by atoms with Crippen LogP contribution in [0.15, 0.2) is 23.7 Å². The van der Waals surface area contributed by atoms with Gasteiger partial charge in [-0.15, -0.1) is 0 Å². The minimum Gasteiger partial charge on any atom is -0.504 e. The van der Waals surface area contributed by atoms with E-state index in [4.69, 9.17) is 14.2 Å². The van der Waals surface area contributed by atoms with Crippen LogP contribution in [0.25, 0.3) is 0 Å². The third-order valence-corrected chi connectivity index (χ3v) is 6.49. The fourth-order valence-electron chi connectivity index (χ4n) is 5.40. The Bertz CT molecular complexity index is 802. The van der Waals surface area contributed by atoms with E-state index in [2.05, 4.69) is 11.9 Å². The summed E-state index contributed by atoms with van der Waals surface area (Å²) in [5.41, 5.74) is 1.44. The molecule has 6 heteroatoms. The summed E-state index contributed by atoms with van der Waals surface area (Å²) < 4.78 is 16.5. The molecule has 0 aromatic heterocycles. The molecule has 1 heterocycles. The number of carbonyl (C=O) groups is 1. The number of ether oxygens (including phenoxy) is 3. The van der Waals surface area contributed by atoms with Crippen molar-refractivity contribution in [1.29, 1.82) is 0 Å². The highest BCUT2D eigenvalue weighted by Gasteiger charge is 2.60. The molecule has 6 nitrogen and oxygen atoms in total. The van der Waals surface area contributed by atoms with E-state index >= 15 is 0 Å². The normalized spacial score (nSPS) is 30.5. The minimum absolute atomic E-state index is 0.0376. The highest BCUT2D eigenvalue weighted by Crippen LogP contribution is 2.59. The summed E-state index contributed by atoms with van der Waals surface area (Å²) in [5, 5.41) is 11.0. The van der Waals surface area contributed by atoms with Crippen LogP contribution < -0.4 is 4.74 Å². The number of ketones is 1. The third kappa shape index (κ3) is 2.05. The van der Waals surface area contributed by atoms with Crippen LogP contribution in [0.2, 0.25) is 0 Å². The van der Waals surface area contributed by atoms with Crippen LogP contribution in [0, 0.1) is 5.92 Å². The Labute approximate surface area is 153 Å². The Morgan fingerprint density at radius 1 is 1.19 bits per heavy atom. The molecule has 4 rings (SSSR count). The molecule has 1 saturated heterocycles. The van der Waals surface area contributed by atoms with Gasteiger partial charge in [0.05, 0.1) is 21.3 Å². The van der Waals surface area contributed by atoms with Gasteiger partial charge < -0.3 is 24.2 Å². The minimum atomic E-state index is -0.492. The number of carbonyl (C=O) groups excluding carboxylic acids is 1. The van der Waals surface area contributed by atoms with Crippen LogP contribution >= 0.6 is 0 Å². The van der Waals surface area contributed by atoms with Crippen molar-refractivity contribution in [2.24, 2.45) is 5.92 Å². The number of likely N-dealkylation sites (N-methyl/N-ethyl adjacent to an activating group) is 1. The quantitative estimate of drug-likeness (QED) is 0.890. The molecule has 1 fully saturated rings. The molecule has 0 amide bonds. The van der Waals surface area contributed by atoms with E-state index in [-0.39, 0.29) is 23.5 Å². The zero-order chi connectivity index (χ0) is 18.6. The summed E-state index contributed by atoms with van der Waals surface area (Å²) in [6.07, 6.45) is 1.87. The van der Waals surface area contributed by atoms with Gasteiger partial charge in [-0.25, -0.2) is 0 Å². The molecule has 3 aliphatic rings. The lowest BCUT2D eigenvalue weighted by molar-refractivity contribution is -0.125. The maximum Gasteiger partial charge on any atom is 0.201 e. The Morgan fingerprint density at radius 3 is 2.62 bits per heavy atom. The first-order valence-electron chi connectivity index (χ1n) is 8.93. The number of hydrogen-bond acceptors (Lipinski definition) is 6. The summed E-state index contributed by atoms with van der Waals surface area (Å²) in [6.45, 7) is 0.865. The molecule has 2 aliphatic carbocycles. The number of phenolic OH excluding ortho intramolecular Hbond substituents is 1. The van der Waals surface area contributed by atoms with Gasteiger partial charge in [0.1, 0.15) is 5.76 Å². The summed E-state index contributed by atoms with van der Waals surface area (Å²) in [5.74, 6) is 1.42. The predicted molar refractivity (Wildman–Crippen MR) is 95.2 cm³/mol. The van der Waals surface area contributed by atoms with Gasteiger partial charge in [0.25, 0.3) is 0 Å². The lowest BCUT2D eigenvalue weighted by Gasteiger charge is -2.57. The van der Waals surface area contributed by atoms with Crippen LogP contribution in [0.4, 0.5) is 0 Å². The van der Waals surface area contributed by atoms with Crippen LogP contribution in [0.5, 0.6) is 11.5 Å². The zero-order valence-corrected chi connectivity index (χ0v) is 15.7. The van der Waals surface area contributed by atoms with E-state index in [9.17, 15) is 9.90 Å². The molecule has 0 radical (unpaired) electrons. The number of methoxy groups -OCH3 is 3. The van der Waals surface area contributed by atoms with Gasteiger partial charge >= 0.3 is 0 Å². The van der Waals surface area contributed by atoms with Crippen molar-refractivity contribution in [3.8, 4) is 11.5 Å². The summed E-state index contributed by atoms with van der Waals surface area (Å²) in [4.78, 5) is 15.2. The molecule has 1 aromatic carbocycles. The molecule has 1 N–H and O–H groups in total. The zero-order valence-electron chi connectivity index (χ0n) is 15.7. The Morgan fingerprint density at radius 2 is 1.96 bits per heavy atom. The van der Waals surface area contributed by atoms with E-state index in [1.54, 1.807) is 20.3 Å². The molecule has 0 unspecified atom stereocenters. The third-order valence-electron chi connectivity index (χ3n) is 6.49. The van der Waals surface area contributed by atoms with Crippen molar-refractivity contribution in [2.45, 2.75) is 30.7 Å². The van der Waals surface area contributed by atoms with E-state index in [1.807, 2.05) is 6.07 Å². The fraction of sp³-hybridized carbons (Fsp3) is 0.550. The van der Waals surface area contributed by atoms with Gasteiger partial charge in [0, 0.05) is 29.4 Å². The number of Topliss-reactive ketones (excluding diaryl/α,β-unsaturated/α-hetero) is 1. The molecule has 26 heavy (non-hydrogen) atoms. The molecule has 0 spiro atoms. The topological polar surface area (TPSA) is 68.2 Å². The monoisotopic (exact) mass is 359 g/mol. The van der Waals surface area contributed by atoms with Gasteiger partial charge in [-0.05, 0) is 38.1 Å². The average molecular weight is 359 g/mol. The van der Waals surface area contributed by atoms with E-state index in [1.165, 1.54) is 7.11 Å². The average Bonchev–Trinajstić information content (AvgIpc) is 2.63. The van der Waals surface area contributed by atoms with Gasteiger partial charge in [-0.2, -0.15) is 0 Å². The van der Waals surface area contributed by atoms with E-state index < -0.39 is 5.41 Å². The lowest BCUT2D eigenvalue weighted by Crippen LogP contribution is -2.61. The molecule has 0 saturated carbocycles. The summed E-state index contributed by atoms with van der Waals surface area (Å²) in [6, 6.07) is 4.01. The number of piperidine rings is 1. The predicted octanol–water partition coefficient (Wildman–Crippen LogP) is 1.99. The molecule has 3 atom stereocenters. The highest BCUT2D eigenvalue weighted by molar-refractivity contribution is 5.96. The smallest absolute Gasteiger partial charge is 0.201 e. The number of allylic oxidation sites excluding steroid dienone is 1. The van der Waals surface area contributed by atoms with E-state index in [0.29, 0.717) is 23.7 Å². The molecule has 1 aromatic rings. The number of phenols is 1. The Hall–Kier alpha value is -2.21. The van der Waals surface area contributed by atoms with Crippen LogP contribution in [0.1, 0.15) is 24.0 Å². The summed E-state index contributed by atoms with van der Waals surface area (Å²) >= 11 is 0. The number of fused-ring (bicyclic) bond motifs is 1. The molecule has 1 aliphatic heterocycles. The maximum atomic E-state index is 12.9. The highest BCUT2D eigenvalue weighted by atomic mass is 16.5. The number of rotatable bonds is 3. The van der Waals surface area contributed by atoms with Gasteiger partial charge in [0.15, 0.2) is 17.3 Å². The fourth-order valence-corrected chi connectivity index (χ4v) is 5.40. The van der Waals surface area contributed by atoms with Crippen LogP contribution in [-0.2, 0) is 26.1 Å². The number of benzene rings is 1. The van der Waals surface area contributed by atoms with Crippen molar-refractivity contribution >= 4 is 5.78 Å². The first-order valence-corrected chi connectivity index (χ1v) is 8.93. The second-order valence-electron chi connectivity index (χ2n) is 7.49. The molecule has 140 valence electrons. The number of nitrogens with zero attached hydrogens (tertiary/aromatic N) is 1. The van der Waals surface area contributed by atoms with Crippen molar-refractivity contribution in [3.05, 3.63) is 34.8 Å². The number of hydrogen-bond donors (Lipinski definition) is 1. The van der Waals surface area contributed by atoms with Crippen molar-refractivity contribution in [2.75, 3.05) is 34.9 Å². The van der Waals surface area contributed by atoms with Crippen molar-refractivity contribution < 1.29 is 24.1 Å². The van der Waals surface area contributed by atoms with E-state index in [0.717, 1.165) is 30.5 Å². The Kier molecular flexibility index (Phi) is 3.91. The largest absolute Gasteiger partial charge is 0.504 e. The molecular weight excluding hydrogens is 334 g/mol. The first-order chi connectivity index (χ1) is 12.5. The standard InChI is InChI=1S/C20H25NO5/c1-21-8-7-20-10-13(22)18(25-3)19(26-4)16(20)12(21)9-11-5-6-14(24-2)17(23)15(11)20/h5-6,12,16,23H,7-10H2,1-4H3/t12-,16-,20-/m1/s1. The van der Waals surface area contributed by atoms with Crippen molar-refractivity contribution in [3.63, 3.8) is 0 Å².